The van der Waals surface area contributed by atoms with Crippen molar-refractivity contribution < 1.29 is 22.8 Å². The standard InChI is InChI=1S/C19H22F3N3O2S/c1-11-4-3-9-25(10-11)15(26)7-8-23-17(27)16-12(2)13-5-6-14(19(20,21)22)24-18(13)28-16/h5-6,11H,3-4,7-10H2,1-2H3,(H,23,27). The smallest absolute Gasteiger partial charge is 0.351 e. The number of hydrogen-bond donors (Lipinski definition) is 1. The number of hydrogen-bond acceptors (Lipinski definition) is 4. The molecule has 2 aromatic heterocycles. The van der Waals surface area contributed by atoms with Crippen molar-refractivity contribution in [3.63, 3.8) is 0 Å². The summed E-state index contributed by atoms with van der Waals surface area (Å²) < 4.78 is 38.5. The molecular weight excluding hydrogens is 391 g/mol. The molecule has 0 aliphatic carbocycles. The zero-order chi connectivity index (χ0) is 20.5. The Kier molecular flexibility index (Phi) is 5.92. The molecule has 1 fully saturated rings. The van der Waals surface area contributed by atoms with Crippen LogP contribution in [-0.4, -0.2) is 41.3 Å². The summed E-state index contributed by atoms with van der Waals surface area (Å²) >= 11 is 0.931. The van der Waals surface area contributed by atoms with Gasteiger partial charge in [0.25, 0.3) is 5.91 Å². The van der Waals surface area contributed by atoms with E-state index in [-0.39, 0.29) is 23.7 Å². The molecule has 5 nitrogen and oxygen atoms in total. The molecule has 1 N–H and O–H groups in total. The van der Waals surface area contributed by atoms with Crippen molar-refractivity contribution >= 4 is 33.4 Å². The number of thiophene rings is 1. The predicted molar refractivity (Wildman–Crippen MR) is 101 cm³/mol. The number of pyridine rings is 1. The van der Waals surface area contributed by atoms with Crippen LogP contribution < -0.4 is 5.32 Å². The monoisotopic (exact) mass is 413 g/mol. The zero-order valence-corrected chi connectivity index (χ0v) is 16.5. The van der Waals surface area contributed by atoms with E-state index in [9.17, 15) is 22.8 Å². The van der Waals surface area contributed by atoms with E-state index >= 15 is 0 Å². The number of alkyl halides is 3. The molecule has 9 heteroatoms. The summed E-state index contributed by atoms with van der Waals surface area (Å²) in [4.78, 5) is 30.7. The maximum atomic E-state index is 12.8. The molecule has 1 unspecified atom stereocenters. The van der Waals surface area contributed by atoms with Crippen LogP contribution in [0.2, 0.25) is 0 Å². The van der Waals surface area contributed by atoms with Crippen LogP contribution in [-0.2, 0) is 11.0 Å². The largest absolute Gasteiger partial charge is 0.433 e. The van der Waals surface area contributed by atoms with Crippen LogP contribution in [0.4, 0.5) is 13.2 Å². The maximum absolute atomic E-state index is 12.8. The first-order valence-electron chi connectivity index (χ1n) is 9.20. The van der Waals surface area contributed by atoms with Gasteiger partial charge in [-0.15, -0.1) is 11.3 Å². The number of carbonyl (C=O) groups excluding carboxylic acids is 2. The summed E-state index contributed by atoms with van der Waals surface area (Å²) in [7, 11) is 0. The Morgan fingerprint density at radius 3 is 2.79 bits per heavy atom. The van der Waals surface area contributed by atoms with Crippen LogP contribution in [0.3, 0.4) is 0 Å². The van der Waals surface area contributed by atoms with Gasteiger partial charge in [-0.3, -0.25) is 9.59 Å². The molecule has 1 aliphatic rings. The molecule has 1 aliphatic heterocycles. The summed E-state index contributed by atoms with van der Waals surface area (Å²) in [6, 6.07) is 2.26. The minimum Gasteiger partial charge on any atom is -0.351 e. The molecule has 0 spiro atoms. The Labute approximate surface area is 164 Å². The number of aromatic nitrogens is 1. The molecule has 3 heterocycles. The molecule has 152 valence electrons. The molecule has 0 radical (unpaired) electrons. The number of amides is 2. The van der Waals surface area contributed by atoms with Crippen molar-refractivity contribution in [3.05, 3.63) is 28.3 Å². The van der Waals surface area contributed by atoms with E-state index in [0.717, 1.165) is 43.3 Å². The third-order valence-corrected chi connectivity index (χ3v) is 6.13. The van der Waals surface area contributed by atoms with Crippen LogP contribution in [0.5, 0.6) is 0 Å². The highest BCUT2D eigenvalue weighted by atomic mass is 32.1. The van der Waals surface area contributed by atoms with Gasteiger partial charge in [-0.25, -0.2) is 4.98 Å². The Hall–Kier alpha value is -2.16. The predicted octanol–water partition coefficient (Wildman–Crippen LogP) is 4.00. The molecule has 2 amide bonds. The summed E-state index contributed by atoms with van der Waals surface area (Å²) in [6.45, 7) is 5.49. The first-order chi connectivity index (χ1) is 13.2. The fourth-order valence-electron chi connectivity index (χ4n) is 3.41. The maximum Gasteiger partial charge on any atom is 0.433 e. The normalized spacial score (nSPS) is 17.8. The SMILES string of the molecule is Cc1c(C(=O)NCCC(=O)N2CCCC(C)C2)sc2nc(C(F)(F)F)ccc12. The molecule has 1 atom stereocenters. The van der Waals surface area contributed by atoms with E-state index in [2.05, 4.69) is 17.2 Å². The lowest BCUT2D eigenvalue weighted by atomic mass is 10.00. The van der Waals surface area contributed by atoms with E-state index in [1.165, 1.54) is 6.07 Å². The average Bonchev–Trinajstić information content (AvgIpc) is 2.97. The first-order valence-corrected chi connectivity index (χ1v) is 10.0. The van der Waals surface area contributed by atoms with Crippen LogP contribution in [0.15, 0.2) is 12.1 Å². The van der Waals surface area contributed by atoms with Gasteiger partial charge in [0.05, 0.1) is 4.88 Å². The molecule has 1 saturated heterocycles. The summed E-state index contributed by atoms with van der Waals surface area (Å²) in [5.41, 5.74) is -0.385. The van der Waals surface area contributed by atoms with Crippen molar-refractivity contribution in [2.45, 2.75) is 39.3 Å². The highest BCUT2D eigenvalue weighted by Crippen LogP contribution is 2.34. The van der Waals surface area contributed by atoms with Crippen LogP contribution in [0, 0.1) is 12.8 Å². The Bertz CT molecular complexity index is 894. The number of piperidine rings is 1. The second kappa shape index (κ2) is 8.06. The van der Waals surface area contributed by atoms with Crippen molar-refractivity contribution in [1.29, 1.82) is 0 Å². The fraction of sp³-hybridized carbons (Fsp3) is 0.526. The van der Waals surface area contributed by atoms with Crippen LogP contribution in [0.25, 0.3) is 10.2 Å². The number of carbonyl (C=O) groups is 2. The number of nitrogens with zero attached hydrogens (tertiary/aromatic N) is 2. The molecule has 3 rings (SSSR count). The molecule has 2 aromatic rings. The van der Waals surface area contributed by atoms with Crippen molar-refractivity contribution in [3.8, 4) is 0 Å². The second-order valence-electron chi connectivity index (χ2n) is 7.20. The second-order valence-corrected chi connectivity index (χ2v) is 8.20. The van der Waals surface area contributed by atoms with Gasteiger partial charge in [0.2, 0.25) is 5.91 Å². The number of likely N-dealkylation sites (tertiary alicyclic amines) is 1. The fourth-order valence-corrected chi connectivity index (χ4v) is 4.51. The molecular formula is C19H22F3N3O2S. The van der Waals surface area contributed by atoms with Gasteiger partial charge in [0, 0.05) is 31.4 Å². The minimum atomic E-state index is -4.53. The topological polar surface area (TPSA) is 62.3 Å². The Balaban J connectivity index is 1.63. The van der Waals surface area contributed by atoms with E-state index in [1.807, 2.05) is 4.90 Å². The summed E-state index contributed by atoms with van der Waals surface area (Å²) in [5, 5.41) is 3.23. The summed E-state index contributed by atoms with van der Waals surface area (Å²) in [5.74, 6) is 0.104. The molecule has 0 saturated carbocycles. The third-order valence-electron chi connectivity index (χ3n) is 4.93. The zero-order valence-electron chi connectivity index (χ0n) is 15.7. The van der Waals surface area contributed by atoms with Gasteiger partial charge in [-0.05, 0) is 43.4 Å². The van der Waals surface area contributed by atoms with Gasteiger partial charge in [-0.2, -0.15) is 13.2 Å². The molecule has 28 heavy (non-hydrogen) atoms. The minimum absolute atomic E-state index is 0.0106. The highest BCUT2D eigenvalue weighted by Gasteiger charge is 2.33. The quantitative estimate of drug-likeness (QED) is 0.824. The van der Waals surface area contributed by atoms with Crippen LogP contribution >= 0.6 is 11.3 Å². The molecule has 0 aromatic carbocycles. The van der Waals surface area contributed by atoms with Gasteiger partial charge in [0.15, 0.2) is 0 Å². The van der Waals surface area contributed by atoms with Gasteiger partial charge in [0.1, 0.15) is 10.5 Å². The van der Waals surface area contributed by atoms with Gasteiger partial charge in [-0.1, -0.05) is 6.92 Å². The molecule has 0 bridgehead atoms. The highest BCUT2D eigenvalue weighted by molar-refractivity contribution is 7.20. The first kappa shape index (κ1) is 20.6. The lowest BCUT2D eigenvalue weighted by Crippen LogP contribution is -2.40. The van der Waals surface area contributed by atoms with Gasteiger partial charge >= 0.3 is 6.18 Å². The number of halogens is 3. The lowest BCUT2D eigenvalue weighted by Gasteiger charge is -2.31. The van der Waals surface area contributed by atoms with Gasteiger partial charge < -0.3 is 10.2 Å². The average molecular weight is 413 g/mol. The van der Waals surface area contributed by atoms with Crippen molar-refractivity contribution in [2.75, 3.05) is 19.6 Å². The van der Waals surface area contributed by atoms with Crippen molar-refractivity contribution in [1.82, 2.24) is 15.2 Å². The van der Waals surface area contributed by atoms with E-state index in [0.29, 0.717) is 21.7 Å². The Morgan fingerprint density at radius 1 is 1.36 bits per heavy atom. The summed E-state index contributed by atoms with van der Waals surface area (Å²) in [6.07, 6.45) is -2.21. The number of fused-ring (bicyclic) bond motifs is 1. The lowest BCUT2D eigenvalue weighted by molar-refractivity contribution is -0.141. The van der Waals surface area contributed by atoms with E-state index in [1.54, 1.807) is 6.92 Å². The third kappa shape index (κ3) is 4.45. The van der Waals surface area contributed by atoms with E-state index < -0.39 is 17.8 Å². The Morgan fingerprint density at radius 2 is 2.11 bits per heavy atom. The number of aryl methyl sites for hydroxylation is 1. The van der Waals surface area contributed by atoms with Crippen molar-refractivity contribution in [2.24, 2.45) is 5.92 Å². The number of rotatable bonds is 4. The number of nitrogens with one attached hydrogen (secondary N) is 1. The van der Waals surface area contributed by atoms with E-state index in [4.69, 9.17) is 0 Å². The van der Waals surface area contributed by atoms with Crippen LogP contribution in [0.1, 0.15) is 47.1 Å².